The zero-order valence-corrected chi connectivity index (χ0v) is 6.49. The molecule has 0 rings (SSSR count). The van der Waals surface area contributed by atoms with E-state index in [4.69, 9.17) is 0 Å². The summed E-state index contributed by atoms with van der Waals surface area (Å²) in [5, 5.41) is 0. The van der Waals surface area contributed by atoms with Crippen LogP contribution in [0, 0.1) is 0 Å². The molecule has 0 atom stereocenters. The van der Waals surface area contributed by atoms with Crippen molar-refractivity contribution >= 4 is 11.9 Å². The van der Waals surface area contributed by atoms with Gasteiger partial charge in [-0.2, -0.15) is 0 Å². The largest absolute Gasteiger partial charge is 0.469 e. The Hall–Kier alpha value is -1.32. The number of carbonyl (C=O) groups is 2. The van der Waals surface area contributed by atoms with Gasteiger partial charge in [0.25, 0.3) is 0 Å². The van der Waals surface area contributed by atoms with Crippen molar-refractivity contribution in [1.82, 2.24) is 0 Å². The van der Waals surface area contributed by atoms with Gasteiger partial charge in [0.2, 0.25) is 0 Å². The first-order chi connectivity index (χ1) is 5.16. The molecule has 0 spiro atoms. The zero-order chi connectivity index (χ0) is 8.69. The molecule has 11 heavy (non-hydrogen) atoms. The van der Waals surface area contributed by atoms with Crippen molar-refractivity contribution in [2.45, 2.75) is 13.3 Å². The third kappa shape index (κ3) is 6.57. The molecule has 0 heterocycles. The van der Waals surface area contributed by atoms with Gasteiger partial charge < -0.3 is 9.47 Å². The van der Waals surface area contributed by atoms with E-state index in [1.54, 1.807) is 0 Å². The number of hydrogen-bond donors (Lipinski definition) is 0. The molecule has 0 aromatic carbocycles. The molecule has 0 N–H and O–H groups in total. The third-order valence-electron chi connectivity index (χ3n) is 0.842. The number of esters is 2. The minimum absolute atomic E-state index is 0.115. The highest BCUT2D eigenvalue weighted by Crippen LogP contribution is 1.87. The lowest BCUT2D eigenvalue weighted by atomic mass is 10.4. The second kappa shape index (κ2) is 5.46. The quantitative estimate of drug-likeness (QED) is 0.446. The van der Waals surface area contributed by atoms with E-state index < -0.39 is 5.97 Å². The molecule has 0 unspecified atom stereocenters. The molecule has 62 valence electrons. The van der Waals surface area contributed by atoms with Gasteiger partial charge in [-0.15, -0.1) is 0 Å². The van der Waals surface area contributed by atoms with Crippen molar-refractivity contribution in [2.75, 3.05) is 7.11 Å². The number of rotatable bonds is 3. The molecular weight excluding hydrogens is 148 g/mol. The van der Waals surface area contributed by atoms with E-state index in [2.05, 4.69) is 9.47 Å². The minimum atomic E-state index is -0.411. The van der Waals surface area contributed by atoms with Gasteiger partial charge in [0.05, 0.1) is 19.8 Å². The first-order valence-corrected chi connectivity index (χ1v) is 3.06. The first-order valence-electron chi connectivity index (χ1n) is 3.06. The number of ether oxygens (including phenoxy) is 2. The molecule has 0 saturated carbocycles. The summed E-state index contributed by atoms with van der Waals surface area (Å²) in [5.74, 6) is -0.778. The van der Waals surface area contributed by atoms with Gasteiger partial charge in [-0.1, -0.05) is 0 Å². The third-order valence-corrected chi connectivity index (χ3v) is 0.842. The molecule has 0 radical (unpaired) electrons. The van der Waals surface area contributed by atoms with Crippen LogP contribution in [-0.4, -0.2) is 19.0 Å². The van der Waals surface area contributed by atoms with Crippen LogP contribution < -0.4 is 0 Å². The molecule has 0 bridgehead atoms. The van der Waals surface area contributed by atoms with Crippen LogP contribution in [0.15, 0.2) is 12.3 Å². The van der Waals surface area contributed by atoms with Crippen molar-refractivity contribution in [3.63, 3.8) is 0 Å². The van der Waals surface area contributed by atoms with E-state index in [9.17, 15) is 9.59 Å². The van der Waals surface area contributed by atoms with Gasteiger partial charge in [-0.3, -0.25) is 9.59 Å². The summed E-state index contributed by atoms with van der Waals surface area (Å²) in [6.07, 6.45) is 2.69. The molecule has 0 saturated heterocycles. The Bertz CT molecular complexity index is 171. The Morgan fingerprint density at radius 1 is 1.45 bits per heavy atom. The standard InChI is InChI=1S/C7H10O4/c1-6(8)11-5-3-4-7(9)10-2/h3,5H,4H2,1-2H3/b5-3+. The predicted octanol–water partition coefficient (Wildman–Crippen LogP) is 0.626. The smallest absolute Gasteiger partial charge is 0.309 e. The SMILES string of the molecule is COC(=O)C/C=C/OC(C)=O. The monoisotopic (exact) mass is 158 g/mol. The number of carbonyl (C=O) groups excluding carboxylic acids is 2. The maximum absolute atomic E-state index is 10.4. The lowest BCUT2D eigenvalue weighted by molar-refractivity contribution is -0.140. The zero-order valence-electron chi connectivity index (χ0n) is 6.49. The van der Waals surface area contributed by atoms with Gasteiger partial charge in [0.1, 0.15) is 0 Å². The van der Waals surface area contributed by atoms with E-state index in [1.165, 1.54) is 26.4 Å². The maximum Gasteiger partial charge on any atom is 0.309 e. The van der Waals surface area contributed by atoms with Gasteiger partial charge in [0.15, 0.2) is 0 Å². The van der Waals surface area contributed by atoms with Gasteiger partial charge in [0, 0.05) is 6.92 Å². The summed E-state index contributed by atoms with van der Waals surface area (Å²) in [5.41, 5.74) is 0. The Balaban J connectivity index is 3.44. The Labute approximate surface area is 64.8 Å². The predicted molar refractivity (Wildman–Crippen MR) is 37.5 cm³/mol. The normalized spacial score (nSPS) is 9.64. The van der Waals surface area contributed by atoms with Crippen molar-refractivity contribution in [1.29, 1.82) is 0 Å². The summed E-state index contributed by atoms with van der Waals surface area (Å²) >= 11 is 0. The summed E-state index contributed by atoms with van der Waals surface area (Å²) < 4.78 is 8.74. The molecule has 4 heteroatoms. The Morgan fingerprint density at radius 3 is 2.55 bits per heavy atom. The second-order valence-electron chi connectivity index (χ2n) is 1.76. The Kier molecular flexibility index (Phi) is 4.81. The van der Waals surface area contributed by atoms with Crippen molar-refractivity contribution < 1.29 is 19.1 Å². The highest BCUT2D eigenvalue weighted by Gasteiger charge is 1.93. The van der Waals surface area contributed by atoms with E-state index in [-0.39, 0.29) is 12.4 Å². The summed E-state index contributed by atoms with van der Waals surface area (Å²) in [6, 6.07) is 0. The molecule has 0 fully saturated rings. The van der Waals surface area contributed by atoms with Crippen LogP contribution >= 0.6 is 0 Å². The molecule has 0 aromatic heterocycles. The van der Waals surface area contributed by atoms with Gasteiger partial charge in [-0.05, 0) is 6.08 Å². The average Bonchev–Trinajstić information content (AvgIpc) is 1.97. The van der Waals surface area contributed by atoms with Gasteiger partial charge >= 0.3 is 11.9 Å². The molecule has 0 aliphatic heterocycles. The highest BCUT2D eigenvalue weighted by molar-refractivity contribution is 5.71. The molecule has 0 aliphatic rings. The number of hydrogen-bond acceptors (Lipinski definition) is 4. The van der Waals surface area contributed by atoms with Crippen molar-refractivity contribution in [3.8, 4) is 0 Å². The van der Waals surface area contributed by atoms with Crippen molar-refractivity contribution in [3.05, 3.63) is 12.3 Å². The van der Waals surface area contributed by atoms with E-state index in [1.807, 2.05) is 0 Å². The van der Waals surface area contributed by atoms with E-state index in [0.29, 0.717) is 0 Å². The summed E-state index contributed by atoms with van der Waals surface area (Å²) in [4.78, 5) is 20.6. The number of methoxy groups -OCH3 is 1. The fourth-order valence-electron chi connectivity index (χ4n) is 0.372. The second-order valence-corrected chi connectivity index (χ2v) is 1.76. The van der Waals surface area contributed by atoms with Crippen molar-refractivity contribution in [2.24, 2.45) is 0 Å². The summed E-state index contributed by atoms with van der Waals surface area (Å²) in [7, 11) is 1.29. The molecular formula is C7H10O4. The van der Waals surface area contributed by atoms with Crippen LogP contribution in [0.2, 0.25) is 0 Å². The van der Waals surface area contributed by atoms with Gasteiger partial charge in [-0.25, -0.2) is 0 Å². The van der Waals surface area contributed by atoms with Crippen LogP contribution in [0.1, 0.15) is 13.3 Å². The lowest BCUT2D eigenvalue weighted by Crippen LogP contribution is -1.97. The minimum Gasteiger partial charge on any atom is -0.469 e. The maximum atomic E-state index is 10.4. The van der Waals surface area contributed by atoms with E-state index in [0.717, 1.165) is 0 Å². The fraction of sp³-hybridized carbons (Fsp3) is 0.429. The lowest BCUT2D eigenvalue weighted by Gasteiger charge is -1.92. The first kappa shape index (κ1) is 9.68. The fourth-order valence-corrected chi connectivity index (χ4v) is 0.372. The molecule has 0 amide bonds. The molecule has 0 aliphatic carbocycles. The molecule has 0 aromatic rings. The molecule has 4 nitrogen and oxygen atoms in total. The Morgan fingerprint density at radius 2 is 2.09 bits per heavy atom. The topological polar surface area (TPSA) is 52.6 Å². The van der Waals surface area contributed by atoms with Crippen LogP contribution in [0.25, 0.3) is 0 Å². The summed E-state index contributed by atoms with van der Waals surface area (Å²) in [6.45, 7) is 1.28. The highest BCUT2D eigenvalue weighted by atomic mass is 16.5. The van der Waals surface area contributed by atoms with Crippen LogP contribution in [0.4, 0.5) is 0 Å². The van der Waals surface area contributed by atoms with Crippen LogP contribution in [0.5, 0.6) is 0 Å². The van der Waals surface area contributed by atoms with E-state index >= 15 is 0 Å². The average molecular weight is 158 g/mol. The van der Waals surface area contributed by atoms with Crippen LogP contribution in [0.3, 0.4) is 0 Å². The van der Waals surface area contributed by atoms with Crippen LogP contribution in [-0.2, 0) is 19.1 Å².